The number of benzene rings is 1. The minimum atomic E-state index is 0.0226. The van der Waals surface area contributed by atoms with Gasteiger partial charge in [-0.25, -0.2) is 0 Å². The Hall–Kier alpha value is -2.20. The van der Waals surface area contributed by atoms with Crippen molar-refractivity contribution in [2.45, 2.75) is 13.0 Å². The second-order valence-corrected chi connectivity index (χ2v) is 4.74. The van der Waals surface area contributed by atoms with Crippen LogP contribution in [0.2, 0.25) is 0 Å². The van der Waals surface area contributed by atoms with E-state index in [1.807, 2.05) is 43.4 Å². The molecule has 0 saturated heterocycles. The van der Waals surface area contributed by atoms with Crippen LogP contribution in [0.15, 0.2) is 48.8 Å². The average molecular weight is 269 g/mol. The number of nitrogens with two attached hydrogens (primary N) is 1. The van der Waals surface area contributed by atoms with Crippen LogP contribution in [0.1, 0.15) is 21.5 Å². The van der Waals surface area contributed by atoms with E-state index in [2.05, 4.69) is 4.98 Å². The fourth-order valence-corrected chi connectivity index (χ4v) is 2.00. The first kappa shape index (κ1) is 14.2. The number of carbonyl (C=O) groups excluding carboxylic acids is 1. The smallest absolute Gasteiger partial charge is 0.253 e. The first-order chi connectivity index (χ1) is 9.70. The molecule has 0 aliphatic rings. The van der Waals surface area contributed by atoms with E-state index in [-0.39, 0.29) is 5.91 Å². The van der Waals surface area contributed by atoms with Crippen molar-refractivity contribution in [1.82, 2.24) is 9.88 Å². The van der Waals surface area contributed by atoms with E-state index in [0.29, 0.717) is 18.7 Å². The summed E-state index contributed by atoms with van der Waals surface area (Å²) in [6, 6.07) is 11.4. The second-order valence-electron chi connectivity index (χ2n) is 4.74. The summed E-state index contributed by atoms with van der Waals surface area (Å²) in [6.45, 7) is 1.12. The van der Waals surface area contributed by atoms with Gasteiger partial charge in [-0.2, -0.15) is 0 Å². The molecular formula is C16H19N3O. The quantitative estimate of drug-likeness (QED) is 0.901. The molecule has 2 N–H and O–H groups in total. The maximum Gasteiger partial charge on any atom is 0.253 e. The molecule has 0 aliphatic carbocycles. The summed E-state index contributed by atoms with van der Waals surface area (Å²) in [6.07, 6.45) is 4.35. The van der Waals surface area contributed by atoms with Gasteiger partial charge in [-0.15, -0.1) is 0 Å². The van der Waals surface area contributed by atoms with E-state index in [9.17, 15) is 4.79 Å². The van der Waals surface area contributed by atoms with Gasteiger partial charge >= 0.3 is 0 Å². The molecular weight excluding hydrogens is 250 g/mol. The molecule has 20 heavy (non-hydrogen) atoms. The highest BCUT2D eigenvalue weighted by atomic mass is 16.2. The van der Waals surface area contributed by atoms with E-state index in [1.54, 1.807) is 17.3 Å². The number of hydrogen-bond acceptors (Lipinski definition) is 3. The Morgan fingerprint density at radius 2 is 1.95 bits per heavy atom. The Morgan fingerprint density at radius 3 is 2.65 bits per heavy atom. The highest BCUT2D eigenvalue weighted by Crippen LogP contribution is 2.08. The maximum atomic E-state index is 12.3. The lowest BCUT2D eigenvalue weighted by Gasteiger charge is -2.17. The third kappa shape index (κ3) is 3.65. The van der Waals surface area contributed by atoms with E-state index < -0.39 is 0 Å². The van der Waals surface area contributed by atoms with Gasteiger partial charge in [0.1, 0.15) is 0 Å². The normalized spacial score (nSPS) is 10.3. The van der Waals surface area contributed by atoms with Crippen molar-refractivity contribution in [3.63, 3.8) is 0 Å². The predicted molar refractivity (Wildman–Crippen MR) is 79.2 cm³/mol. The van der Waals surface area contributed by atoms with Crippen molar-refractivity contribution in [1.29, 1.82) is 0 Å². The first-order valence-electron chi connectivity index (χ1n) is 6.64. The standard InChI is InChI=1S/C16H19N3O/c1-19(10-7-13-5-8-18-9-6-13)16(20)15-4-2-3-14(11-15)12-17/h2-6,8-9,11H,7,10,12,17H2,1H3. The Bertz CT molecular complexity index is 569. The van der Waals surface area contributed by atoms with Gasteiger partial charge in [0.25, 0.3) is 5.91 Å². The molecule has 0 bridgehead atoms. The lowest BCUT2D eigenvalue weighted by molar-refractivity contribution is 0.0796. The minimum Gasteiger partial charge on any atom is -0.341 e. The van der Waals surface area contributed by atoms with Gasteiger partial charge in [-0.3, -0.25) is 9.78 Å². The van der Waals surface area contributed by atoms with E-state index in [0.717, 1.165) is 12.0 Å². The lowest BCUT2D eigenvalue weighted by atomic mass is 10.1. The van der Waals surface area contributed by atoms with Crippen molar-refractivity contribution >= 4 is 5.91 Å². The number of amides is 1. The molecule has 0 radical (unpaired) electrons. The molecule has 4 heteroatoms. The van der Waals surface area contributed by atoms with Crippen LogP contribution in [0.3, 0.4) is 0 Å². The third-order valence-corrected chi connectivity index (χ3v) is 3.24. The highest BCUT2D eigenvalue weighted by molar-refractivity contribution is 5.94. The summed E-state index contributed by atoms with van der Waals surface area (Å²) in [5.74, 6) is 0.0226. The van der Waals surface area contributed by atoms with Gasteiger partial charge in [-0.05, 0) is 41.8 Å². The van der Waals surface area contributed by atoms with Crippen LogP contribution in [0.5, 0.6) is 0 Å². The molecule has 2 aromatic rings. The molecule has 0 saturated carbocycles. The number of rotatable bonds is 5. The van der Waals surface area contributed by atoms with Crippen LogP contribution in [-0.4, -0.2) is 29.4 Å². The average Bonchev–Trinajstić information content (AvgIpc) is 2.53. The van der Waals surface area contributed by atoms with Crippen LogP contribution in [0, 0.1) is 0 Å². The first-order valence-corrected chi connectivity index (χ1v) is 6.64. The summed E-state index contributed by atoms with van der Waals surface area (Å²) >= 11 is 0. The van der Waals surface area contributed by atoms with Gasteiger partial charge in [0.2, 0.25) is 0 Å². The van der Waals surface area contributed by atoms with Crippen molar-refractivity contribution in [2.75, 3.05) is 13.6 Å². The predicted octanol–water partition coefficient (Wildman–Crippen LogP) is 1.85. The Balaban J connectivity index is 1.98. The molecule has 0 aliphatic heterocycles. The Morgan fingerprint density at radius 1 is 1.20 bits per heavy atom. The van der Waals surface area contributed by atoms with Gasteiger partial charge in [0.15, 0.2) is 0 Å². The molecule has 0 unspecified atom stereocenters. The Kier molecular flexibility index (Phi) is 4.85. The number of likely N-dealkylation sites (N-methyl/N-ethyl adjacent to an activating group) is 1. The summed E-state index contributed by atoms with van der Waals surface area (Å²) in [4.78, 5) is 18.0. The zero-order chi connectivity index (χ0) is 14.4. The largest absolute Gasteiger partial charge is 0.341 e. The van der Waals surface area contributed by atoms with Gasteiger partial charge in [0, 0.05) is 38.1 Å². The van der Waals surface area contributed by atoms with Crippen molar-refractivity contribution < 1.29 is 4.79 Å². The summed E-state index contributed by atoms with van der Waals surface area (Å²) in [5, 5.41) is 0. The summed E-state index contributed by atoms with van der Waals surface area (Å²) in [7, 11) is 1.82. The van der Waals surface area contributed by atoms with Crippen LogP contribution in [0.4, 0.5) is 0 Å². The topological polar surface area (TPSA) is 59.2 Å². The van der Waals surface area contributed by atoms with Crippen molar-refractivity contribution in [2.24, 2.45) is 5.73 Å². The van der Waals surface area contributed by atoms with Crippen LogP contribution in [-0.2, 0) is 13.0 Å². The van der Waals surface area contributed by atoms with E-state index in [1.165, 1.54) is 5.56 Å². The van der Waals surface area contributed by atoms with Crippen molar-refractivity contribution in [3.05, 3.63) is 65.5 Å². The monoisotopic (exact) mass is 269 g/mol. The molecule has 1 aromatic carbocycles. The minimum absolute atomic E-state index is 0.0226. The number of nitrogens with zero attached hydrogens (tertiary/aromatic N) is 2. The van der Waals surface area contributed by atoms with Crippen LogP contribution < -0.4 is 5.73 Å². The summed E-state index contributed by atoms with van der Waals surface area (Å²) < 4.78 is 0. The highest BCUT2D eigenvalue weighted by Gasteiger charge is 2.11. The summed E-state index contributed by atoms with van der Waals surface area (Å²) in [5.41, 5.74) is 8.43. The lowest BCUT2D eigenvalue weighted by Crippen LogP contribution is -2.29. The molecule has 1 heterocycles. The number of pyridine rings is 1. The molecule has 0 atom stereocenters. The molecule has 4 nitrogen and oxygen atoms in total. The van der Waals surface area contributed by atoms with Crippen LogP contribution >= 0.6 is 0 Å². The van der Waals surface area contributed by atoms with Gasteiger partial charge in [0.05, 0.1) is 0 Å². The SMILES string of the molecule is CN(CCc1ccncc1)C(=O)c1cccc(CN)c1. The van der Waals surface area contributed by atoms with E-state index >= 15 is 0 Å². The number of hydrogen-bond donors (Lipinski definition) is 1. The molecule has 2 rings (SSSR count). The van der Waals surface area contributed by atoms with Gasteiger partial charge in [-0.1, -0.05) is 12.1 Å². The fraction of sp³-hybridized carbons (Fsp3) is 0.250. The van der Waals surface area contributed by atoms with Crippen molar-refractivity contribution in [3.8, 4) is 0 Å². The second kappa shape index (κ2) is 6.82. The van der Waals surface area contributed by atoms with E-state index in [4.69, 9.17) is 5.73 Å². The Labute approximate surface area is 119 Å². The molecule has 104 valence electrons. The van der Waals surface area contributed by atoms with Gasteiger partial charge < -0.3 is 10.6 Å². The molecule has 0 spiro atoms. The third-order valence-electron chi connectivity index (χ3n) is 3.24. The number of aromatic nitrogens is 1. The number of carbonyl (C=O) groups is 1. The molecule has 0 fully saturated rings. The zero-order valence-electron chi connectivity index (χ0n) is 11.6. The van der Waals surface area contributed by atoms with Crippen LogP contribution in [0.25, 0.3) is 0 Å². The fourth-order valence-electron chi connectivity index (χ4n) is 2.00. The molecule has 1 amide bonds. The molecule has 1 aromatic heterocycles. The zero-order valence-corrected chi connectivity index (χ0v) is 11.6. The maximum absolute atomic E-state index is 12.3.